The van der Waals surface area contributed by atoms with E-state index >= 15 is 0 Å². The molecule has 0 unspecified atom stereocenters. The molecule has 1 aromatic carbocycles. The minimum Gasteiger partial charge on any atom is -0.494 e. The first-order valence-corrected chi connectivity index (χ1v) is 9.32. The summed E-state index contributed by atoms with van der Waals surface area (Å²) in [6.07, 6.45) is 1.28. The van der Waals surface area contributed by atoms with Gasteiger partial charge in [0, 0.05) is 44.6 Å². The number of nitrogens with one attached hydrogen (secondary N) is 3. The summed E-state index contributed by atoms with van der Waals surface area (Å²) in [6, 6.07) is 9.84. The quantitative estimate of drug-likeness (QED) is 0.417. The highest BCUT2D eigenvalue weighted by molar-refractivity contribution is 7.80. The number of piperazine rings is 1. The summed E-state index contributed by atoms with van der Waals surface area (Å²) in [5.41, 5.74) is -0.498. The number of benzene rings is 1. The van der Waals surface area contributed by atoms with E-state index < -0.39 is 17.1 Å². The maximum absolute atomic E-state index is 11.6. The highest BCUT2D eigenvalue weighted by atomic mass is 32.1. The summed E-state index contributed by atoms with van der Waals surface area (Å²) in [5, 5.41) is 13.6. The monoisotopic (exact) mass is 402 g/mol. The van der Waals surface area contributed by atoms with Crippen LogP contribution in [0.3, 0.4) is 0 Å². The number of aromatic amines is 2. The van der Waals surface area contributed by atoms with Gasteiger partial charge in [0.1, 0.15) is 5.56 Å². The van der Waals surface area contributed by atoms with E-state index in [9.17, 15) is 14.7 Å². The zero-order valence-electron chi connectivity index (χ0n) is 15.2. The van der Waals surface area contributed by atoms with Crippen molar-refractivity contribution >= 4 is 29.2 Å². The number of hydrogen-bond acceptors (Lipinski definition) is 6. The molecule has 9 nitrogen and oxygen atoms in total. The maximum atomic E-state index is 11.6. The van der Waals surface area contributed by atoms with E-state index in [0.717, 1.165) is 43.5 Å². The van der Waals surface area contributed by atoms with Crippen LogP contribution in [0.4, 0.5) is 5.69 Å². The van der Waals surface area contributed by atoms with E-state index in [1.807, 2.05) is 30.3 Å². The van der Waals surface area contributed by atoms with Gasteiger partial charge in [-0.15, -0.1) is 0 Å². The minimum absolute atomic E-state index is 0.0539. The summed E-state index contributed by atoms with van der Waals surface area (Å²) in [5.74, 6) is -0.481. The Morgan fingerprint density at radius 1 is 1.18 bits per heavy atom. The van der Waals surface area contributed by atoms with E-state index in [-0.39, 0.29) is 5.56 Å². The molecule has 1 aromatic heterocycles. The molecule has 28 heavy (non-hydrogen) atoms. The van der Waals surface area contributed by atoms with Crippen molar-refractivity contribution in [3.63, 3.8) is 0 Å². The SMILES string of the molecule is O=c1[nH]c(O)c(C=NCCN2CCN(C(=S)Nc3ccccc3)CC2)c(=O)[nH]1. The lowest BCUT2D eigenvalue weighted by atomic mass is 10.3. The van der Waals surface area contributed by atoms with Crippen LogP contribution < -0.4 is 16.6 Å². The molecule has 0 radical (unpaired) electrons. The van der Waals surface area contributed by atoms with Crippen LogP contribution in [0.1, 0.15) is 5.56 Å². The fourth-order valence-electron chi connectivity index (χ4n) is 2.86. The van der Waals surface area contributed by atoms with Gasteiger partial charge < -0.3 is 15.3 Å². The Hall–Kier alpha value is -2.98. The highest BCUT2D eigenvalue weighted by Crippen LogP contribution is 2.09. The third-order valence-corrected chi connectivity index (χ3v) is 4.77. The first-order chi connectivity index (χ1) is 13.5. The summed E-state index contributed by atoms with van der Waals surface area (Å²) >= 11 is 5.48. The molecule has 4 N–H and O–H groups in total. The van der Waals surface area contributed by atoms with Gasteiger partial charge in [-0.25, -0.2) is 4.79 Å². The normalized spacial score (nSPS) is 15.1. The van der Waals surface area contributed by atoms with Crippen molar-refractivity contribution in [2.45, 2.75) is 0 Å². The molecule has 1 aliphatic rings. The minimum atomic E-state index is -0.753. The van der Waals surface area contributed by atoms with Gasteiger partial charge in [-0.1, -0.05) is 18.2 Å². The molecule has 2 heterocycles. The maximum Gasteiger partial charge on any atom is 0.328 e. The molecule has 2 aromatic rings. The molecule has 0 saturated carbocycles. The fraction of sp³-hybridized carbons (Fsp3) is 0.333. The zero-order chi connectivity index (χ0) is 19.9. The molecule has 10 heteroatoms. The molecule has 1 saturated heterocycles. The average Bonchev–Trinajstić information content (AvgIpc) is 2.68. The Bertz CT molecular complexity index is 948. The number of aliphatic imine (C=N–C) groups is 1. The number of nitrogens with zero attached hydrogens (tertiary/aromatic N) is 3. The molecular formula is C18H22N6O3S. The predicted molar refractivity (Wildman–Crippen MR) is 112 cm³/mol. The van der Waals surface area contributed by atoms with Crippen LogP contribution in [0.25, 0.3) is 0 Å². The number of rotatable bonds is 5. The van der Waals surface area contributed by atoms with Crippen molar-refractivity contribution in [2.75, 3.05) is 44.6 Å². The van der Waals surface area contributed by atoms with Gasteiger partial charge in [0.15, 0.2) is 5.11 Å². The van der Waals surface area contributed by atoms with Crippen LogP contribution >= 0.6 is 12.2 Å². The topological polar surface area (TPSA) is 117 Å². The van der Waals surface area contributed by atoms with Gasteiger partial charge in [-0.05, 0) is 24.4 Å². The van der Waals surface area contributed by atoms with Crippen LogP contribution in [0.15, 0.2) is 44.9 Å². The second-order valence-corrected chi connectivity index (χ2v) is 6.72. The number of thiocarbonyl (C=S) groups is 1. The third kappa shape index (κ3) is 5.27. The Balaban J connectivity index is 1.43. The Morgan fingerprint density at radius 3 is 2.57 bits per heavy atom. The number of anilines is 1. The van der Waals surface area contributed by atoms with Gasteiger partial charge >= 0.3 is 5.69 Å². The van der Waals surface area contributed by atoms with Crippen molar-refractivity contribution in [2.24, 2.45) is 4.99 Å². The average molecular weight is 402 g/mol. The third-order valence-electron chi connectivity index (χ3n) is 4.41. The number of aromatic nitrogens is 2. The van der Waals surface area contributed by atoms with E-state index in [0.29, 0.717) is 6.54 Å². The van der Waals surface area contributed by atoms with Gasteiger partial charge in [0.2, 0.25) is 5.88 Å². The second kappa shape index (κ2) is 9.29. The molecule has 148 valence electrons. The van der Waals surface area contributed by atoms with Crippen LogP contribution in [0.2, 0.25) is 0 Å². The zero-order valence-corrected chi connectivity index (χ0v) is 16.0. The molecule has 3 rings (SSSR count). The Kier molecular flexibility index (Phi) is 6.56. The predicted octanol–water partition coefficient (Wildman–Crippen LogP) is 0.202. The van der Waals surface area contributed by atoms with E-state index in [1.165, 1.54) is 6.21 Å². The van der Waals surface area contributed by atoms with Crippen LogP contribution in [-0.2, 0) is 0 Å². The molecule has 0 bridgehead atoms. The standard InChI is InChI=1S/C18H22N6O3S/c25-15-14(16(26)22-17(27)21-15)12-19-6-7-23-8-10-24(11-9-23)18(28)20-13-4-2-1-3-5-13/h1-5,12H,6-11H2,(H,20,28)(H3,21,22,25,26,27). The number of hydrogen-bond donors (Lipinski definition) is 4. The van der Waals surface area contributed by atoms with E-state index in [4.69, 9.17) is 12.2 Å². The largest absolute Gasteiger partial charge is 0.494 e. The smallest absolute Gasteiger partial charge is 0.328 e. The molecule has 0 atom stereocenters. The van der Waals surface area contributed by atoms with Crippen LogP contribution in [-0.4, -0.2) is 75.5 Å². The lowest BCUT2D eigenvalue weighted by Crippen LogP contribution is -2.50. The molecule has 1 fully saturated rings. The molecular weight excluding hydrogens is 380 g/mol. The lowest BCUT2D eigenvalue weighted by molar-refractivity contribution is 0.188. The number of aromatic hydroxyl groups is 1. The van der Waals surface area contributed by atoms with Gasteiger partial charge in [-0.3, -0.25) is 24.7 Å². The van der Waals surface area contributed by atoms with E-state index in [1.54, 1.807) is 0 Å². The summed E-state index contributed by atoms with van der Waals surface area (Å²) < 4.78 is 0. The summed E-state index contributed by atoms with van der Waals surface area (Å²) in [4.78, 5) is 35.4. The molecule has 0 spiro atoms. The Labute approximate surface area is 166 Å². The summed E-state index contributed by atoms with van der Waals surface area (Å²) in [6.45, 7) is 4.56. The number of H-pyrrole nitrogens is 2. The van der Waals surface area contributed by atoms with Crippen LogP contribution in [0.5, 0.6) is 5.88 Å². The van der Waals surface area contributed by atoms with E-state index in [2.05, 4.69) is 30.1 Å². The molecule has 0 aliphatic carbocycles. The van der Waals surface area contributed by atoms with Crippen molar-refractivity contribution in [3.05, 3.63) is 56.7 Å². The first kappa shape index (κ1) is 19.8. The fourth-order valence-corrected chi connectivity index (χ4v) is 3.16. The highest BCUT2D eigenvalue weighted by Gasteiger charge is 2.18. The van der Waals surface area contributed by atoms with Crippen LogP contribution in [0, 0.1) is 0 Å². The Morgan fingerprint density at radius 2 is 1.89 bits per heavy atom. The van der Waals surface area contributed by atoms with Crippen molar-refractivity contribution in [1.82, 2.24) is 19.8 Å². The van der Waals surface area contributed by atoms with Gasteiger partial charge in [-0.2, -0.15) is 0 Å². The molecule has 0 amide bonds. The van der Waals surface area contributed by atoms with Crippen molar-refractivity contribution in [1.29, 1.82) is 0 Å². The van der Waals surface area contributed by atoms with Gasteiger partial charge in [0.25, 0.3) is 5.56 Å². The second-order valence-electron chi connectivity index (χ2n) is 6.33. The lowest BCUT2D eigenvalue weighted by Gasteiger charge is -2.36. The van der Waals surface area contributed by atoms with Crippen molar-refractivity contribution < 1.29 is 5.11 Å². The summed E-state index contributed by atoms with van der Waals surface area (Å²) in [7, 11) is 0. The van der Waals surface area contributed by atoms with Gasteiger partial charge in [0.05, 0.1) is 6.54 Å². The van der Waals surface area contributed by atoms with Crippen molar-refractivity contribution in [3.8, 4) is 5.88 Å². The number of para-hydroxylation sites is 1. The molecule has 1 aliphatic heterocycles. The first-order valence-electron chi connectivity index (χ1n) is 8.91.